The normalized spacial score (nSPS) is 15.0. The molecule has 32 heavy (non-hydrogen) atoms. The highest BCUT2D eigenvalue weighted by Gasteiger charge is 2.25. The highest BCUT2D eigenvalue weighted by Crippen LogP contribution is 2.26. The van der Waals surface area contributed by atoms with Crippen LogP contribution in [-0.4, -0.2) is 47.3 Å². The van der Waals surface area contributed by atoms with Crippen LogP contribution in [0.25, 0.3) is 0 Å². The van der Waals surface area contributed by atoms with Crippen molar-refractivity contribution in [2.45, 2.75) is 39.3 Å². The molecule has 0 aliphatic carbocycles. The fourth-order valence-electron chi connectivity index (χ4n) is 4.55. The van der Waals surface area contributed by atoms with Crippen LogP contribution in [0.15, 0.2) is 54.6 Å². The smallest absolute Gasteiger partial charge is 0.255 e. The van der Waals surface area contributed by atoms with Crippen molar-refractivity contribution in [1.82, 2.24) is 20.0 Å². The summed E-state index contributed by atoms with van der Waals surface area (Å²) >= 11 is 0. The minimum absolute atomic E-state index is 0.0583. The minimum atomic E-state index is -0.0583. The van der Waals surface area contributed by atoms with Crippen LogP contribution in [0.2, 0.25) is 0 Å². The molecule has 1 amide bonds. The Labute approximate surface area is 190 Å². The number of carbonyl (C=O) groups is 1. The SMILES string of the molecule is COc1ccc(C(CNC(=O)c2c(C)nn(Cc3ccccc3)c2C)N2CCCC2)cc1. The number of aromatic nitrogens is 2. The molecule has 6 nitrogen and oxygen atoms in total. The topological polar surface area (TPSA) is 59.4 Å². The zero-order valence-corrected chi connectivity index (χ0v) is 19.2. The summed E-state index contributed by atoms with van der Waals surface area (Å²) in [6.07, 6.45) is 2.40. The molecular weight excluding hydrogens is 400 g/mol. The van der Waals surface area contributed by atoms with Gasteiger partial charge in [0.05, 0.1) is 31.0 Å². The molecule has 1 fully saturated rings. The van der Waals surface area contributed by atoms with Crippen molar-refractivity contribution < 1.29 is 9.53 Å². The Kier molecular flexibility index (Phi) is 6.90. The highest BCUT2D eigenvalue weighted by molar-refractivity contribution is 5.96. The fourth-order valence-corrected chi connectivity index (χ4v) is 4.55. The second-order valence-corrected chi connectivity index (χ2v) is 8.43. The molecule has 1 saturated heterocycles. The third kappa shape index (κ3) is 4.86. The van der Waals surface area contributed by atoms with E-state index >= 15 is 0 Å². The van der Waals surface area contributed by atoms with E-state index in [4.69, 9.17) is 4.74 Å². The fraction of sp³-hybridized carbons (Fsp3) is 0.385. The number of nitrogens with zero attached hydrogens (tertiary/aromatic N) is 3. The molecule has 1 aliphatic heterocycles. The van der Waals surface area contributed by atoms with E-state index in [0.29, 0.717) is 18.7 Å². The van der Waals surface area contributed by atoms with Crippen LogP contribution in [0.1, 0.15) is 51.8 Å². The molecule has 168 valence electrons. The van der Waals surface area contributed by atoms with Crippen LogP contribution in [0.5, 0.6) is 5.75 Å². The van der Waals surface area contributed by atoms with Gasteiger partial charge in [-0.2, -0.15) is 5.10 Å². The maximum atomic E-state index is 13.2. The van der Waals surface area contributed by atoms with E-state index in [1.165, 1.54) is 24.0 Å². The summed E-state index contributed by atoms with van der Waals surface area (Å²) in [5.41, 5.74) is 4.69. The van der Waals surface area contributed by atoms with Crippen molar-refractivity contribution >= 4 is 5.91 Å². The lowest BCUT2D eigenvalue weighted by atomic mass is 10.0. The molecule has 0 radical (unpaired) electrons. The molecule has 3 aromatic rings. The first-order chi connectivity index (χ1) is 15.6. The summed E-state index contributed by atoms with van der Waals surface area (Å²) in [4.78, 5) is 15.7. The Bertz CT molecular complexity index is 1040. The van der Waals surface area contributed by atoms with Gasteiger partial charge in [-0.1, -0.05) is 42.5 Å². The van der Waals surface area contributed by atoms with E-state index in [1.54, 1.807) is 7.11 Å². The van der Waals surface area contributed by atoms with Gasteiger partial charge >= 0.3 is 0 Å². The van der Waals surface area contributed by atoms with Crippen LogP contribution >= 0.6 is 0 Å². The number of benzene rings is 2. The second-order valence-electron chi connectivity index (χ2n) is 8.43. The van der Waals surface area contributed by atoms with Crippen molar-refractivity contribution in [3.63, 3.8) is 0 Å². The van der Waals surface area contributed by atoms with E-state index in [9.17, 15) is 4.79 Å². The number of ether oxygens (including phenoxy) is 1. The van der Waals surface area contributed by atoms with Gasteiger partial charge in [-0.05, 0) is 63.0 Å². The Morgan fingerprint density at radius 2 is 1.75 bits per heavy atom. The largest absolute Gasteiger partial charge is 0.497 e. The molecule has 1 unspecified atom stereocenters. The number of hydrogen-bond donors (Lipinski definition) is 1. The first-order valence-corrected chi connectivity index (χ1v) is 11.3. The average molecular weight is 433 g/mol. The van der Waals surface area contributed by atoms with E-state index < -0.39 is 0 Å². The first kappa shape index (κ1) is 22.1. The molecule has 1 aromatic heterocycles. The molecule has 2 aromatic carbocycles. The molecule has 0 bridgehead atoms. The Hall–Kier alpha value is -3.12. The third-order valence-electron chi connectivity index (χ3n) is 6.32. The van der Waals surface area contributed by atoms with Gasteiger partial charge in [0.1, 0.15) is 5.75 Å². The summed E-state index contributed by atoms with van der Waals surface area (Å²) in [6, 6.07) is 18.5. The predicted molar refractivity (Wildman–Crippen MR) is 126 cm³/mol. The van der Waals surface area contributed by atoms with Crippen molar-refractivity contribution in [2.75, 3.05) is 26.7 Å². The Balaban J connectivity index is 1.49. The molecule has 0 saturated carbocycles. The average Bonchev–Trinajstić information content (AvgIpc) is 3.43. The lowest BCUT2D eigenvalue weighted by Gasteiger charge is -2.28. The predicted octanol–water partition coefficient (Wildman–Crippen LogP) is 4.12. The van der Waals surface area contributed by atoms with E-state index in [0.717, 1.165) is 30.2 Å². The maximum Gasteiger partial charge on any atom is 0.255 e. The number of aryl methyl sites for hydroxylation is 1. The zero-order chi connectivity index (χ0) is 22.5. The van der Waals surface area contributed by atoms with E-state index in [2.05, 4.69) is 39.6 Å². The van der Waals surface area contributed by atoms with Crippen molar-refractivity contribution in [2.24, 2.45) is 0 Å². The van der Waals surface area contributed by atoms with Crippen LogP contribution in [0.4, 0.5) is 0 Å². The quantitative estimate of drug-likeness (QED) is 0.582. The van der Waals surface area contributed by atoms with Crippen LogP contribution in [0, 0.1) is 13.8 Å². The number of methoxy groups -OCH3 is 1. The molecule has 0 spiro atoms. The van der Waals surface area contributed by atoms with Crippen molar-refractivity contribution in [3.8, 4) is 5.75 Å². The molecule has 4 rings (SSSR count). The van der Waals surface area contributed by atoms with Crippen molar-refractivity contribution in [1.29, 1.82) is 0 Å². The van der Waals surface area contributed by atoms with Gasteiger partial charge in [0, 0.05) is 12.2 Å². The van der Waals surface area contributed by atoms with E-state index in [-0.39, 0.29) is 11.9 Å². The number of nitrogens with one attached hydrogen (secondary N) is 1. The summed E-state index contributed by atoms with van der Waals surface area (Å²) in [6.45, 7) is 7.21. The van der Waals surface area contributed by atoms with Gasteiger partial charge in [-0.3, -0.25) is 14.4 Å². The number of amides is 1. The number of rotatable bonds is 8. The zero-order valence-electron chi connectivity index (χ0n) is 19.2. The van der Waals surface area contributed by atoms with Crippen LogP contribution < -0.4 is 10.1 Å². The number of carbonyl (C=O) groups excluding carboxylic acids is 1. The van der Waals surface area contributed by atoms with Gasteiger partial charge < -0.3 is 10.1 Å². The van der Waals surface area contributed by atoms with Gasteiger partial charge in [0.2, 0.25) is 0 Å². The lowest BCUT2D eigenvalue weighted by molar-refractivity contribution is 0.0936. The standard InChI is InChI=1S/C26H32N4O2/c1-19-25(20(2)30(28-19)18-21-9-5-4-6-10-21)26(31)27-17-24(29-15-7-8-16-29)22-11-13-23(32-3)14-12-22/h4-6,9-14,24H,7-8,15-18H2,1-3H3,(H,27,31). The number of likely N-dealkylation sites (tertiary alicyclic amines) is 1. The molecule has 2 heterocycles. The Morgan fingerprint density at radius 3 is 2.41 bits per heavy atom. The van der Waals surface area contributed by atoms with Crippen molar-refractivity contribution in [3.05, 3.63) is 82.7 Å². The maximum absolute atomic E-state index is 13.2. The summed E-state index contributed by atoms with van der Waals surface area (Å²) in [7, 11) is 1.68. The van der Waals surface area contributed by atoms with Gasteiger partial charge in [0.25, 0.3) is 5.91 Å². The highest BCUT2D eigenvalue weighted by atomic mass is 16.5. The van der Waals surface area contributed by atoms with Crippen LogP contribution in [0.3, 0.4) is 0 Å². The van der Waals surface area contributed by atoms with E-state index in [1.807, 2.05) is 48.9 Å². The molecule has 1 N–H and O–H groups in total. The summed E-state index contributed by atoms with van der Waals surface area (Å²) < 4.78 is 7.23. The molecule has 6 heteroatoms. The van der Waals surface area contributed by atoms with Gasteiger partial charge in [-0.15, -0.1) is 0 Å². The monoisotopic (exact) mass is 432 g/mol. The third-order valence-corrected chi connectivity index (χ3v) is 6.32. The van der Waals surface area contributed by atoms with Crippen LogP contribution in [-0.2, 0) is 6.54 Å². The summed E-state index contributed by atoms with van der Waals surface area (Å²) in [5, 5.41) is 7.84. The summed E-state index contributed by atoms with van der Waals surface area (Å²) in [5.74, 6) is 0.784. The molecule has 1 aliphatic rings. The lowest BCUT2D eigenvalue weighted by Crippen LogP contribution is -2.37. The number of hydrogen-bond acceptors (Lipinski definition) is 4. The molecular formula is C26H32N4O2. The first-order valence-electron chi connectivity index (χ1n) is 11.3. The van der Waals surface area contributed by atoms with Gasteiger partial charge in [-0.25, -0.2) is 0 Å². The van der Waals surface area contributed by atoms with Gasteiger partial charge in [0.15, 0.2) is 0 Å². The minimum Gasteiger partial charge on any atom is -0.497 e. The second kappa shape index (κ2) is 10.0. The molecule has 1 atom stereocenters. The Morgan fingerprint density at radius 1 is 1.06 bits per heavy atom.